The van der Waals surface area contributed by atoms with Gasteiger partial charge in [-0.15, -0.1) is 0 Å². The first-order chi connectivity index (χ1) is 38.3. The quantitative estimate of drug-likeness (QED) is 0.0423. The summed E-state index contributed by atoms with van der Waals surface area (Å²) < 4.78 is 22.2. The van der Waals surface area contributed by atoms with Crippen LogP contribution in [0.15, 0.2) is 54.6 Å². The maximum absolute atomic E-state index is 13.6. The van der Waals surface area contributed by atoms with E-state index in [-0.39, 0.29) is 125 Å². The second-order valence-corrected chi connectivity index (χ2v) is 19.8. The van der Waals surface area contributed by atoms with Gasteiger partial charge in [0.25, 0.3) is 11.8 Å². The van der Waals surface area contributed by atoms with Gasteiger partial charge < -0.3 is 70.4 Å². The van der Waals surface area contributed by atoms with E-state index in [1.165, 1.54) is 39.9 Å². The minimum Gasteiger partial charge on any atom is -0.479 e. The van der Waals surface area contributed by atoms with Gasteiger partial charge in [-0.1, -0.05) is 42.3 Å². The summed E-state index contributed by atoms with van der Waals surface area (Å²) in [4.78, 5) is 128. The number of carbonyl (C=O) groups is 10. The maximum atomic E-state index is 13.6. The number of carboxylic acids is 1. The van der Waals surface area contributed by atoms with Crippen LogP contribution < -0.4 is 31.3 Å². The number of carbonyl (C=O) groups excluding carboxylic acids is 9. The van der Waals surface area contributed by atoms with Gasteiger partial charge in [0.1, 0.15) is 36.7 Å². The number of likely N-dealkylation sites (tertiary alicyclic amines) is 1. The number of unbranched alkanes of at least 4 members (excludes halogenated alkanes) is 2. The molecule has 430 valence electrons. The van der Waals surface area contributed by atoms with Crippen molar-refractivity contribution >= 4 is 76.7 Å². The van der Waals surface area contributed by atoms with Crippen LogP contribution in [-0.4, -0.2) is 178 Å². The Labute approximate surface area is 463 Å². The number of nitrogens with zero attached hydrogens (tertiary/aromatic N) is 3. The number of fused-ring (bicyclic) bond motifs is 1. The summed E-state index contributed by atoms with van der Waals surface area (Å²) in [6, 6.07) is 12.9. The molecule has 80 heavy (non-hydrogen) atoms. The van der Waals surface area contributed by atoms with Gasteiger partial charge in [0.05, 0.1) is 18.8 Å². The molecule has 3 fully saturated rings. The first-order valence-corrected chi connectivity index (χ1v) is 26.3. The molecular weight excluding hydrogens is 1070 g/mol. The lowest BCUT2D eigenvalue weighted by Crippen LogP contribution is -2.61. The van der Waals surface area contributed by atoms with E-state index in [1.54, 1.807) is 36.4 Å². The van der Waals surface area contributed by atoms with Gasteiger partial charge in [-0.25, -0.2) is 14.4 Å². The van der Waals surface area contributed by atoms with Crippen molar-refractivity contribution < 1.29 is 87.3 Å². The fourth-order valence-electron chi connectivity index (χ4n) is 9.14. The van der Waals surface area contributed by atoms with E-state index >= 15 is 0 Å². The third-order valence-corrected chi connectivity index (χ3v) is 14.0. The van der Waals surface area contributed by atoms with Crippen LogP contribution >= 0.6 is 11.6 Å². The number of aliphatic carboxylic acids is 1. The van der Waals surface area contributed by atoms with Crippen LogP contribution in [0.2, 0.25) is 5.02 Å². The molecule has 0 aromatic heterocycles. The number of imide groups is 2. The van der Waals surface area contributed by atoms with E-state index in [0.29, 0.717) is 59.6 Å². The van der Waals surface area contributed by atoms with Crippen molar-refractivity contribution in [3.8, 4) is 5.75 Å². The number of nitrogens with one attached hydrogen (secondary N) is 5. The second-order valence-electron chi connectivity index (χ2n) is 19.4. The average molecular weight is 1140 g/mol. The van der Waals surface area contributed by atoms with E-state index in [1.807, 2.05) is 0 Å². The molecule has 7 rings (SSSR count). The highest BCUT2D eigenvalue weighted by molar-refractivity contribution is 6.31. The number of aliphatic hydroxyl groups excluding tert-OH is 3. The molecular formula is C53H63ClN8O18. The number of aliphatic hydroxyl groups is 3. The number of halogens is 1. The molecule has 0 saturated carbocycles. The van der Waals surface area contributed by atoms with Crippen LogP contribution in [0.4, 0.5) is 15.3 Å². The maximum Gasteiger partial charge on any atom is 0.409 e. The van der Waals surface area contributed by atoms with Crippen molar-refractivity contribution in [3.05, 3.63) is 93.0 Å². The number of hydrogen-bond acceptors (Lipinski definition) is 17. The predicted octanol–water partition coefficient (Wildman–Crippen LogP) is 1.08. The molecule has 4 aliphatic rings. The number of rotatable bonds is 25. The normalized spacial score (nSPS) is 20.7. The lowest BCUT2D eigenvalue weighted by molar-refractivity contribution is -0.271. The number of likely N-dealkylation sites (N-methyl/N-ethyl adjacent to an activating group) is 1. The second kappa shape index (κ2) is 27.9. The molecule has 4 aliphatic heterocycles. The molecule has 0 bridgehead atoms. The Kier molecular flexibility index (Phi) is 20.9. The van der Waals surface area contributed by atoms with Gasteiger partial charge in [0.15, 0.2) is 6.10 Å². The highest BCUT2D eigenvalue weighted by Gasteiger charge is 2.48. The Morgan fingerprint density at radius 3 is 2.33 bits per heavy atom. The smallest absolute Gasteiger partial charge is 0.409 e. The summed E-state index contributed by atoms with van der Waals surface area (Å²) in [7, 11) is 1.49. The van der Waals surface area contributed by atoms with Gasteiger partial charge in [-0.2, -0.15) is 0 Å². The predicted molar refractivity (Wildman–Crippen MR) is 278 cm³/mol. The van der Waals surface area contributed by atoms with E-state index in [2.05, 4.69) is 26.6 Å². The zero-order valence-electron chi connectivity index (χ0n) is 43.6. The number of anilines is 1. The molecule has 4 heterocycles. The molecule has 0 aliphatic carbocycles. The van der Waals surface area contributed by atoms with Gasteiger partial charge >= 0.3 is 18.1 Å². The lowest BCUT2D eigenvalue weighted by Gasteiger charge is -2.38. The van der Waals surface area contributed by atoms with E-state index < -0.39 is 66.7 Å². The summed E-state index contributed by atoms with van der Waals surface area (Å²) >= 11 is 6.54. The lowest BCUT2D eigenvalue weighted by atomic mass is 9.99. The number of piperidine rings is 1. The molecule has 0 radical (unpaired) electrons. The number of amides is 10. The van der Waals surface area contributed by atoms with E-state index in [4.69, 9.17) is 30.5 Å². The summed E-state index contributed by atoms with van der Waals surface area (Å²) in [5.41, 5.74) is 3.18. The summed E-state index contributed by atoms with van der Waals surface area (Å²) in [6.45, 7) is 0.747. The molecule has 26 nitrogen and oxygen atoms in total. The average Bonchev–Trinajstić information content (AvgIpc) is 3.95. The molecule has 0 spiro atoms. The monoisotopic (exact) mass is 1130 g/mol. The third-order valence-electron chi connectivity index (χ3n) is 13.6. The molecule has 9 N–H and O–H groups in total. The largest absolute Gasteiger partial charge is 0.479 e. The van der Waals surface area contributed by atoms with Crippen LogP contribution in [0, 0.1) is 0 Å². The van der Waals surface area contributed by atoms with Crippen molar-refractivity contribution in [2.45, 2.75) is 114 Å². The highest BCUT2D eigenvalue weighted by Crippen LogP contribution is 2.30. The van der Waals surface area contributed by atoms with E-state index in [9.17, 15) is 68.4 Å². The molecule has 3 aromatic rings. The van der Waals surface area contributed by atoms with Gasteiger partial charge in [-0.3, -0.25) is 43.8 Å². The van der Waals surface area contributed by atoms with Crippen LogP contribution in [0.1, 0.15) is 94.3 Å². The van der Waals surface area contributed by atoms with Gasteiger partial charge in [0.2, 0.25) is 35.8 Å². The SMILES string of the molecule is CN(CCOCCc1ccc(NC(=O)NCc2ccc3c(c2)CN(C2CCC(=O)NC2=O)C3=O)cc1Cl)C(=O)OCc1ccc(O[C@@H]2O[C@H](C(=O)O)[C@@H](O)[C@H](O)[C@H]2O)c(C(=O)NCCNC(=O)CCCCCN2C(=O)CCC2=O)c1. The zero-order valence-corrected chi connectivity index (χ0v) is 44.4. The number of urea groups is 1. The third kappa shape index (κ3) is 15.8. The number of carboxylic acid groups (broad SMARTS) is 1. The fourth-order valence-corrected chi connectivity index (χ4v) is 9.42. The number of hydrogen-bond donors (Lipinski definition) is 9. The van der Waals surface area contributed by atoms with Crippen molar-refractivity contribution in [2.24, 2.45) is 0 Å². The van der Waals surface area contributed by atoms with Crippen LogP contribution in [0.3, 0.4) is 0 Å². The van der Waals surface area contributed by atoms with Crippen LogP contribution in [0.25, 0.3) is 0 Å². The fraction of sp³-hybridized carbons (Fsp3) is 0.472. The molecule has 1 unspecified atom stereocenters. The Morgan fingerprint density at radius 1 is 0.838 bits per heavy atom. The first-order valence-electron chi connectivity index (χ1n) is 25.9. The van der Waals surface area contributed by atoms with Crippen LogP contribution in [-0.2, 0) is 69.1 Å². The first kappa shape index (κ1) is 59.9. The van der Waals surface area contributed by atoms with Crippen molar-refractivity contribution in [3.63, 3.8) is 0 Å². The summed E-state index contributed by atoms with van der Waals surface area (Å²) in [5.74, 6) is -4.49. The molecule has 27 heteroatoms. The topological polar surface area (TPSA) is 358 Å². The van der Waals surface area contributed by atoms with Crippen molar-refractivity contribution in [1.82, 2.24) is 36.0 Å². The number of ether oxygens (including phenoxy) is 4. The Hall–Kier alpha value is -7.75. The Bertz CT molecular complexity index is 2840. The van der Waals surface area contributed by atoms with Crippen molar-refractivity contribution in [2.75, 3.05) is 51.8 Å². The summed E-state index contributed by atoms with van der Waals surface area (Å²) in [5, 5.41) is 54.1. The zero-order chi connectivity index (χ0) is 57.6. The van der Waals surface area contributed by atoms with E-state index in [0.717, 1.165) is 11.1 Å². The molecule has 10 amide bonds. The minimum absolute atomic E-state index is 0.0202. The molecule has 3 aromatic carbocycles. The number of benzene rings is 3. The van der Waals surface area contributed by atoms with Gasteiger partial charge in [-0.05, 0) is 78.3 Å². The van der Waals surface area contributed by atoms with Crippen molar-refractivity contribution in [1.29, 1.82) is 0 Å². The summed E-state index contributed by atoms with van der Waals surface area (Å²) in [6.07, 6.45) is -7.43. The Morgan fingerprint density at radius 2 is 1.59 bits per heavy atom. The molecule has 6 atom stereocenters. The standard InChI is InChI=1S/C53H63ClN8O18/c1-60(20-22-77-21-16-31-8-9-33(25-36(31)54)58-52(75)57-26-29-6-10-34-32(23-29)27-62(49(34)72)37-11-13-40(64)59-48(37)71)53(76)78-28-30-7-12-38(79-51-45(69)43(67)44(68)46(80-51)50(73)74)35(24-30)47(70)56-18-17-55-39(63)5-3-2-4-19-61-41(65)14-15-42(61)66/h6-10,12,23-25,37,43-46,51,67-69H,2-5,11,13-22,26-28H2,1H3,(H,55,63)(H,56,70)(H,73,74)(H2,57,58,75)(H,59,64,71)/t37?,43-,44-,45+,46-,51+/m0/s1. The minimum atomic E-state index is -2.00. The highest BCUT2D eigenvalue weighted by atomic mass is 35.5. The Balaban J connectivity index is 0.826. The molecule has 3 saturated heterocycles. The van der Waals surface area contributed by atoms with Gasteiger partial charge in [0, 0.05) is 88.3 Å². The van der Waals surface area contributed by atoms with Crippen LogP contribution in [0.5, 0.6) is 5.75 Å².